The molecule has 0 saturated heterocycles. The van der Waals surface area contributed by atoms with Crippen molar-refractivity contribution in [2.75, 3.05) is 31.2 Å². The van der Waals surface area contributed by atoms with E-state index in [4.69, 9.17) is 19.8 Å². The van der Waals surface area contributed by atoms with Gasteiger partial charge in [-0.25, -0.2) is 9.78 Å². The van der Waals surface area contributed by atoms with Gasteiger partial charge in [-0.3, -0.25) is 4.98 Å². The third-order valence-electron chi connectivity index (χ3n) is 4.72. The van der Waals surface area contributed by atoms with E-state index in [0.29, 0.717) is 13.2 Å². The normalized spacial score (nSPS) is 10.2. The molecule has 3 rings (SSSR count). The molecular weight excluding hydrogens is 413 g/mol. The van der Waals surface area contributed by atoms with Gasteiger partial charge < -0.3 is 14.7 Å². The summed E-state index contributed by atoms with van der Waals surface area (Å²) in [6, 6.07) is 20.1. The number of unbranched alkanes of at least 4 members (excludes halogenated alkanes) is 1. The zero-order chi connectivity index (χ0) is 21.9. The summed E-state index contributed by atoms with van der Waals surface area (Å²) in [5.74, 6) is -0.166. The number of rotatable bonds is 12. The number of carboxylic acids is 1. The van der Waals surface area contributed by atoms with Crippen molar-refractivity contribution in [3.05, 3.63) is 79.5 Å². The molecule has 1 N–H and O–H groups in total. The molecule has 0 aliphatic rings. The van der Waals surface area contributed by atoms with E-state index in [9.17, 15) is 4.79 Å². The van der Waals surface area contributed by atoms with Crippen molar-refractivity contribution in [2.24, 2.45) is 0 Å². The molecule has 7 heteroatoms. The second kappa shape index (κ2) is 13.8. The van der Waals surface area contributed by atoms with Crippen molar-refractivity contribution >= 4 is 41.3 Å². The van der Waals surface area contributed by atoms with Crippen molar-refractivity contribution in [1.29, 1.82) is 0 Å². The Morgan fingerprint density at radius 1 is 1.00 bits per heavy atom. The van der Waals surface area contributed by atoms with Crippen molar-refractivity contribution in [1.82, 2.24) is 9.97 Å². The van der Waals surface area contributed by atoms with Gasteiger partial charge in [-0.2, -0.15) is 0 Å². The molecule has 0 aliphatic heterocycles. The summed E-state index contributed by atoms with van der Waals surface area (Å²) in [4.78, 5) is 22.4. The maximum atomic E-state index is 10.5. The van der Waals surface area contributed by atoms with Crippen LogP contribution in [-0.2, 0) is 9.53 Å². The molecule has 0 bridgehead atoms. The molecule has 0 saturated carbocycles. The summed E-state index contributed by atoms with van der Waals surface area (Å²) in [6.45, 7) is 5.42. The predicted molar refractivity (Wildman–Crippen MR) is 130 cm³/mol. The second-order valence-corrected chi connectivity index (χ2v) is 7.05. The molecule has 0 aliphatic carbocycles. The van der Waals surface area contributed by atoms with Gasteiger partial charge in [-0.1, -0.05) is 66.7 Å². The third kappa shape index (κ3) is 7.57. The topological polar surface area (TPSA) is 75.5 Å². The second-order valence-electron chi connectivity index (χ2n) is 7.05. The van der Waals surface area contributed by atoms with Crippen LogP contribution in [0, 0.1) is 0 Å². The van der Waals surface area contributed by atoms with E-state index < -0.39 is 5.97 Å². The van der Waals surface area contributed by atoms with Crippen LogP contribution in [0.15, 0.2) is 79.5 Å². The molecule has 32 heavy (non-hydrogen) atoms. The van der Waals surface area contributed by atoms with Gasteiger partial charge in [0.2, 0.25) is 0 Å². The van der Waals surface area contributed by atoms with Gasteiger partial charge in [0, 0.05) is 30.8 Å². The van der Waals surface area contributed by atoms with Gasteiger partial charge in [-0.05, 0) is 12.8 Å². The summed E-state index contributed by atoms with van der Waals surface area (Å²) in [7, 11) is 0. The number of aromatic nitrogens is 2. The Morgan fingerprint density at radius 3 is 2.22 bits per heavy atom. The first-order valence-electron chi connectivity index (χ1n) is 10.3. The molecule has 0 spiro atoms. The first kappa shape index (κ1) is 25.7. The van der Waals surface area contributed by atoms with E-state index in [1.54, 1.807) is 6.20 Å². The SMILES string of the molecule is C=CCN(CCCCOCC(=O)O)c1cnc(-c2ccccc2)c(-c2ccccc2)n1.[NaH]. The van der Waals surface area contributed by atoms with E-state index in [1.807, 2.05) is 66.7 Å². The number of benzene rings is 2. The summed E-state index contributed by atoms with van der Waals surface area (Å²) in [6.07, 6.45) is 5.26. The van der Waals surface area contributed by atoms with Crippen LogP contribution in [0.25, 0.3) is 22.5 Å². The van der Waals surface area contributed by atoms with Gasteiger partial charge in [0.1, 0.15) is 12.4 Å². The average molecular weight is 442 g/mol. The van der Waals surface area contributed by atoms with Crippen molar-refractivity contribution < 1.29 is 14.6 Å². The van der Waals surface area contributed by atoms with E-state index >= 15 is 0 Å². The molecule has 0 fully saturated rings. The van der Waals surface area contributed by atoms with E-state index in [-0.39, 0.29) is 36.2 Å². The Hall–Kier alpha value is -2.51. The first-order chi connectivity index (χ1) is 15.2. The average Bonchev–Trinajstić information content (AvgIpc) is 2.81. The van der Waals surface area contributed by atoms with Crippen LogP contribution in [0.3, 0.4) is 0 Å². The first-order valence-corrected chi connectivity index (χ1v) is 10.3. The van der Waals surface area contributed by atoms with Crippen LogP contribution in [0.4, 0.5) is 5.82 Å². The molecule has 2 aromatic carbocycles. The van der Waals surface area contributed by atoms with Crippen molar-refractivity contribution in [3.8, 4) is 22.5 Å². The van der Waals surface area contributed by atoms with E-state index in [1.165, 1.54) is 0 Å². The van der Waals surface area contributed by atoms with Crippen LogP contribution in [0.5, 0.6) is 0 Å². The minimum absolute atomic E-state index is 0. The minimum atomic E-state index is -0.949. The molecule has 0 unspecified atom stereocenters. The number of nitrogens with zero attached hydrogens (tertiary/aromatic N) is 3. The number of anilines is 1. The molecule has 0 amide bonds. The molecule has 1 aromatic heterocycles. The summed E-state index contributed by atoms with van der Waals surface area (Å²) < 4.78 is 5.12. The van der Waals surface area contributed by atoms with E-state index in [0.717, 1.165) is 47.7 Å². The number of ether oxygens (including phenoxy) is 1. The zero-order valence-electron chi connectivity index (χ0n) is 17.5. The zero-order valence-corrected chi connectivity index (χ0v) is 17.5. The summed E-state index contributed by atoms with van der Waals surface area (Å²) >= 11 is 0. The maximum absolute atomic E-state index is 10.5. The Labute approximate surface area is 211 Å². The summed E-state index contributed by atoms with van der Waals surface area (Å²) in [5.41, 5.74) is 3.71. The number of carbonyl (C=O) groups is 1. The number of aliphatic carboxylic acids is 1. The van der Waals surface area contributed by atoms with Gasteiger partial charge in [0.15, 0.2) is 0 Å². The molecule has 0 radical (unpaired) electrons. The van der Waals surface area contributed by atoms with Crippen LogP contribution >= 0.6 is 0 Å². The fourth-order valence-electron chi connectivity index (χ4n) is 3.26. The molecule has 162 valence electrons. The van der Waals surface area contributed by atoms with Gasteiger partial charge in [-0.15, -0.1) is 6.58 Å². The quantitative estimate of drug-likeness (QED) is 0.260. The Balaban J connectivity index is 0.00000363. The van der Waals surface area contributed by atoms with Crippen molar-refractivity contribution in [3.63, 3.8) is 0 Å². The number of carboxylic acid groups (broad SMARTS) is 1. The molecular formula is C25H28N3NaO3. The Morgan fingerprint density at radius 2 is 1.62 bits per heavy atom. The molecule has 6 nitrogen and oxygen atoms in total. The monoisotopic (exact) mass is 441 g/mol. The van der Waals surface area contributed by atoms with E-state index in [2.05, 4.69) is 11.5 Å². The molecule has 0 atom stereocenters. The van der Waals surface area contributed by atoms with Crippen LogP contribution in [0.2, 0.25) is 0 Å². The van der Waals surface area contributed by atoms with Crippen LogP contribution in [0.1, 0.15) is 12.8 Å². The Kier molecular flexibility index (Phi) is 11.1. The number of hydrogen-bond acceptors (Lipinski definition) is 5. The standard InChI is InChI=1S/C25H27N3O3.Na.H/c1-2-15-28(16-9-10-17-31-19-23(29)30)22-18-26-24(20-11-5-3-6-12-20)25(27-22)21-13-7-4-8-14-21;;/h2-8,11-14,18H,1,9-10,15-17,19H2,(H,29,30);;. The molecule has 1 heterocycles. The van der Waals surface area contributed by atoms with Gasteiger partial charge >= 0.3 is 35.5 Å². The number of hydrogen-bond donors (Lipinski definition) is 1. The van der Waals surface area contributed by atoms with Gasteiger partial charge in [0.25, 0.3) is 0 Å². The van der Waals surface area contributed by atoms with Crippen LogP contribution in [-0.4, -0.2) is 76.9 Å². The fraction of sp³-hybridized carbons (Fsp3) is 0.240. The Bertz CT molecular complexity index is 984. The van der Waals surface area contributed by atoms with Crippen LogP contribution < -0.4 is 4.90 Å². The predicted octanol–water partition coefficient (Wildman–Crippen LogP) is 4.04. The fourth-order valence-corrected chi connectivity index (χ4v) is 3.26. The van der Waals surface area contributed by atoms with Crippen molar-refractivity contribution in [2.45, 2.75) is 12.8 Å². The van der Waals surface area contributed by atoms with Gasteiger partial charge in [0.05, 0.1) is 17.6 Å². The molecule has 3 aromatic rings. The summed E-state index contributed by atoms with van der Waals surface area (Å²) in [5, 5.41) is 8.64. The third-order valence-corrected chi connectivity index (χ3v) is 4.72.